The Labute approximate surface area is 175 Å². The molecule has 2 aromatic heterocycles. The SMILES string of the molecule is CCn1ncc2c(C(=O)N(C)CCOc3ccccc3)cc(-c3ccccc3)nc21. The van der Waals surface area contributed by atoms with E-state index in [1.165, 1.54) is 0 Å². The van der Waals surface area contributed by atoms with Gasteiger partial charge in [0.25, 0.3) is 5.91 Å². The number of amides is 1. The summed E-state index contributed by atoms with van der Waals surface area (Å²) in [6, 6.07) is 21.3. The van der Waals surface area contributed by atoms with E-state index in [0.717, 1.165) is 28.0 Å². The van der Waals surface area contributed by atoms with E-state index in [1.54, 1.807) is 18.1 Å². The lowest BCUT2D eigenvalue weighted by Crippen LogP contribution is -2.31. The normalized spacial score (nSPS) is 10.9. The molecule has 0 radical (unpaired) electrons. The highest BCUT2D eigenvalue weighted by molar-refractivity contribution is 6.06. The predicted molar refractivity (Wildman–Crippen MR) is 118 cm³/mol. The molecule has 0 saturated carbocycles. The van der Waals surface area contributed by atoms with Crippen LogP contribution in [-0.4, -0.2) is 45.8 Å². The molecule has 2 aromatic carbocycles. The van der Waals surface area contributed by atoms with Crippen LogP contribution in [0.1, 0.15) is 17.3 Å². The molecule has 152 valence electrons. The number of para-hydroxylation sites is 1. The van der Waals surface area contributed by atoms with E-state index < -0.39 is 0 Å². The molecule has 0 fully saturated rings. The van der Waals surface area contributed by atoms with Crippen molar-refractivity contribution in [1.29, 1.82) is 0 Å². The van der Waals surface area contributed by atoms with Crippen LogP contribution in [0, 0.1) is 0 Å². The van der Waals surface area contributed by atoms with Crippen LogP contribution in [0.3, 0.4) is 0 Å². The first kappa shape index (κ1) is 19.6. The van der Waals surface area contributed by atoms with Gasteiger partial charge in [0.15, 0.2) is 5.65 Å². The summed E-state index contributed by atoms with van der Waals surface area (Å²) in [6.45, 7) is 3.58. The maximum absolute atomic E-state index is 13.3. The molecule has 30 heavy (non-hydrogen) atoms. The number of carbonyl (C=O) groups is 1. The Morgan fingerprint density at radius 3 is 2.47 bits per heavy atom. The van der Waals surface area contributed by atoms with Gasteiger partial charge in [-0.1, -0.05) is 48.5 Å². The van der Waals surface area contributed by atoms with Gasteiger partial charge in [-0.25, -0.2) is 9.67 Å². The molecule has 0 unspecified atom stereocenters. The molecule has 0 spiro atoms. The number of carbonyl (C=O) groups excluding carboxylic acids is 1. The van der Waals surface area contributed by atoms with Crippen molar-refractivity contribution in [2.45, 2.75) is 13.5 Å². The number of aromatic nitrogens is 3. The second kappa shape index (κ2) is 8.78. The van der Waals surface area contributed by atoms with Crippen molar-refractivity contribution in [2.75, 3.05) is 20.2 Å². The third kappa shape index (κ3) is 4.03. The minimum absolute atomic E-state index is 0.0769. The summed E-state index contributed by atoms with van der Waals surface area (Å²) in [4.78, 5) is 19.7. The van der Waals surface area contributed by atoms with Crippen molar-refractivity contribution < 1.29 is 9.53 Å². The van der Waals surface area contributed by atoms with Crippen LogP contribution < -0.4 is 4.74 Å². The average molecular weight is 400 g/mol. The van der Waals surface area contributed by atoms with E-state index >= 15 is 0 Å². The first-order valence-electron chi connectivity index (χ1n) is 10.0. The van der Waals surface area contributed by atoms with Gasteiger partial charge in [-0.2, -0.15) is 5.10 Å². The molecule has 0 atom stereocenters. The first-order valence-corrected chi connectivity index (χ1v) is 10.0. The van der Waals surface area contributed by atoms with Crippen LogP contribution in [-0.2, 0) is 6.54 Å². The number of fused-ring (bicyclic) bond motifs is 1. The minimum atomic E-state index is -0.0769. The molecule has 0 aliphatic carbocycles. The second-order valence-electron chi connectivity index (χ2n) is 7.01. The third-order valence-electron chi connectivity index (χ3n) is 4.99. The highest BCUT2D eigenvalue weighted by Crippen LogP contribution is 2.25. The van der Waals surface area contributed by atoms with Gasteiger partial charge >= 0.3 is 0 Å². The van der Waals surface area contributed by atoms with Crippen LogP contribution in [0.15, 0.2) is 72.9 Å². The number of benzene rings is 2. The summed E-state index contributed by atoms with van der Waals surface area (Å²) < 4.78 is 7.56. The standard InChI is InChI=1S/C24H24N4O2/c1-3-28-23-21(17-25-28)20(16-22(26-23)18-10-6-4-7-11-18)24(29)27(2)14-15-30-19-12-8-5-9-13-19/h4-13,16-17H,3,14-15H2,1-2H3. The number of aryl methyl sites for hydroxylation is 1. The summed E-state index contributed by atoms with van der Waals surface area (Å²) in [6.07, 6.45) is 1.72. The lowest BCUT2D eigenvalue weighted by Gasteiger charge is -2.18. The van der Waals surface area contributed by atoms with Gasteiger partial charge in [0.2, 0.25) is 0 Å². The first-order chi connectivity index (χ1) is 14.7. The molecular formula is C24H24N4O2. The zero-order valence-corrected chi connectivity index (χ0v) is 17.2. The molecule has 1 amide bonds. The van der Waals surface area contributed by atoms with E-state index in [9.17, 15) is 4.79 Å². The Hall–Kier alpha value is -3.67. The zero-order valence-electron chi connectivity index (χ0n) is 17.2. The molecule has 0 bridgehead atoms. The lowest BCUT2D eigenvalue weighted by molar-refractivity contribution is 0.0775. The number of hydrogen-bond donors (Lipinski definition) is 0. The molecule has 4 aromatic rings. The molecule has 0 N–H and O–H groups in total. The average Bonchev–Trinajstić information content (AvgIpc) is 3.22. The number of ether oxygens (including phenoxy) is 1. The van der Waals surface area contributed by atoms with Gasteiger partial charge in [-0.05, 0) is 25.1 Å². The zero-order chi connectivity index (χ0) is 20.9. The van der Waals surface area contributed by atoms with E-state index in [-0.39, 0.29) is 5.91 Å². The maximum atomic E-state index is 13.3. The van der Waals surface area contributed by atoms with Gasteiger partial charge in [0.1, 0.15) is 12.4 Å². The molecule has 0 aliphatic heterocycles. The number of rotatable bonds is 7. The van der Waals surface area contributed by atoms with E-state index in [1.807, 2.05) is 78.3 Å². The molecule has 0 aliphatic rings. The quantitative estimate of drug-likeness (QED) is 0.465. The molecule has 0 saturated heterocycles. The van der Waals surface area contributed by atoms with Gasteiger partial charge in [-0.15, -0.1) is 0 Å². The van der Waals surface area contributed by atoms with Crippen LogP contribution in [0.2, 0.25) is 0 Å². The number of pyridine rings is 1. The molecular weight excluding hydrogens is 376 g/mol. The maximum Gasteiger partial charge on any atom is 0.254 e. The Morgan fingerprint density at radius 1 is 1.07 bits per heavy atom. The Bertz CT molecular complexity index is 1140. The van der Waals surface area contributed by atoms with Crippen LogP contribution >= 0.6 is 0 Å². The van der Waals surface area contributed by atoms with E-state index in [4.69, 9.17) is 9.72 Å². The van der Waals surface area contributed by atoms with E-state index in [0.29, 0.717) is 25.3 Å². The second-order valence-corrected chi connectivity index (χ2v) is 7.01. The van der Waals surface area contributed by atoms with Crippen LogP contribution in [0.5, 0.6) is 5.75 Å². The Kier molecular flexibility index (Phi) is 5.75. The smallest absolute Gasteiger partial charge is 0.254 e. The van der Waals surface area contributed by atoms with Crippen LogP contribution in [0.25, 0.3) is 22.3 Å². The van der Waals surface area contributed by atoms with Gasteiger partial charge in [-0.3, -0.25) is 4.79 Å². The minimum Gasteiger partial charge on any atom is -0.492 e. The molecule has 6 heteroatoms. The summed E-state index contributed by atoms with van der Waals surface area (Å²) >= 11 is 0. The van der Waals surface area contributed by atoms with Crippen molar-refractivity contribution in [3.8, 4) is 17.0 Å². The van der Waals surface area contributed by atoms with Gasteiger partial charge in [0.05, 0.1) is 29.4 Å². The fraction of sp³-hybridized carbons (Fsp3) is 0.208. The van der Waals surface area contributed by atoms with Crippen molar-refractivity contribution in [2.24, 2.45) is 0 Å². The molecule has 4 rings (SSSR count). The summed E-state index contributed by atoms with van der Waals surface area (Å²) in [5, 5.41) is 5.17. The largest absolute Gasteiger partial charge is 0.492 e. The van der Waals surface area contributed by atoms with Crippen molar-refractivity contribution >= 4 is 16.9 Å². The highest BCUT2D eigenvalue weighted by atomic mass is 16.5. The summed E-state index contributed by atoms with van der Waals surface area (Å²) in [7, 11) is 1.79. The Morgan fingerprint density at radius 2 is 1.77 bits per heavy atom. The monoisotopic (exact) mass is 400 g/mol. The number of hydrogen-bond acceptors (Lipinski definition) is 4. The van der Waals surface area contributed by atoms with Crippen molar-refractivity contribution in [3.63, 3.8) is 0 Å². The predicted octanol–water partition coefficient (Wildman–Crippen LogP) is 4.27. The van der Waals surface area contributed by atoms with Gasteiger partial charge in [0, 0.05) is 19.2 Å². The topological polar surface area (TPSA) is 60.2 Å². The van der Waals surface area contributed by atoms with Crippen molar-refractivity contribution in [3.05, 3.63) is 78.5 Å². The van der Waals surface area contributed by atoms with Crippen LogP contribution in [0.4, 0.5) is 0 Å². The summed E-state index contributed by atoms with van der Waals surface area (Å²) in [5.41, 5.74) is 3.04. The van der Waals surface area contributed by atoms with Gasteiger partial charge < -0.3 is 9.64 Å². The lowest BCUT2D eigenvalue weighted by atomic mass is 10.1. The summed E-state index contributed by atoms with van der Waals surface area (Å²) in [5.74, 6) is 0.715. The fourth-order valence-corrected chi connectivity index (χ4v) is 3.34. The van der Waals surface area contributed by atoms with Crippen molar-refractivity contribution in [1.82, 2.24) is 19.7 Å². The number of likely N-dealkylation sites (N-methyl/N-ethyl adjacent to an activating group) is 1. The molecule has 2 heterocycles. The highest BCUT2D eigenvalue weighted by Gasteiger charge is 2.20. The third-order valence-corrected chi connectivity index (χ3v) is 4.99. The van der Waals surface area contributed by atoms with E-state index in [2.05, 4.69) is 5.10 Å². The Balaban J connectivity index is 1.61. The molecule has 6 nitrogen and oxygen atoms in total. The fourth-order valence-electron chi connectivity index (χ4n) is 3.34. The number of nitrogens with zero attached hydrogens (tertiary/aromatic N) is 4.